The summed E-state index contributed by atoms with van der Waals surface area (Å²) in [4.78, 5) is 11.9. The van der Waals surface area contributed by atoms with Gasteiger partial charge in [-0.2, -0.15) is 0 Å². The van der Waals surface area contributed by atoms with E-state index in [9.17, 15) is 4.79 Å². The lowest BCUT2D eigenvalue weighted by Crippen LogP contribution is -1.99. The highest BCUT2D eigenvalue weighted by atomic mass is 32.2. The van der Waals surface area contributed by atoms with Crippen LogP contribution in [0.25, 0.3) is 22.3 Å². The van der Waals surface area contributed by atoms with Crippen LogP contribution < -0.4 is 9.47 Å². The molecule has 1 N–H and O–H groups in total. The first-order valence-corrected chi connectivity index (χ1v) is 8.83. The summed E-state index contributed by atoms with van der Waals surface area (Å²) in [7, 11) is 3.18. The molecule has 0 atom stereocenters. The van der Waals surface area contributed by atoms with E-state index in [0.29, 0.717) is 11.5 Å². The van der Waals surface area contributed by atoms with Crippen LogP contribution in [0, 0.1) is 0 Å². The van der Waals surface area contributed by atoms with Gasteiger partial charge in [0.1, 0.15) is 11.3 Å². The zero-order valence-corrected chi connectivity index (χ0v) is 15.0. The quantitative estimate of drug-likeness (QED) is 0.656. The Balaban J connectivity index is 2.14. The third-order valence-corrected chi connectivity index (χ3v) is 4.73. The predicted octanol–water partition coefficient (Wildman–Crippen LogP) is 4.47. The smallest absolute Gasteiger partial charge is 0.307 e. The van der Waals surface area contributed by atoms with Crippen LogP contribution in [0.5, 0.6) is 11.5 Å². The van der Waals surface area contributed by atoms with Crippen molar-refractivity contribution in [3.63, 3.8) is 0 Å². The summed E-state index contributed by atoms with van der Waals surface area (Å²) in [6, 6.07) is 11.1. The van der Waals surface area contributed by atoms with E-state index in [4.69, 9.17) is 19.0 Å². The molecule has 0 radical (unpaired) electrons. The second-order valence-corrected chi connectivity index (χ2v) is 6.25. The molecule has 3 rings (SSSR count). The van der Waals surface area contributed by atoms with Gasteiger partial charge in [-0.05, 0) is 42.2 Å². The maximum atomic E-state index is 11.0. The summed E-state index contributed by atoms with van der Waals surface area (Å²) in [5.41, 5.74) is 2.34. The van der Waals surface area contributed by atoms with Crippen LogP contribution in [-0.4, -0.2) is 31.6 Å². The van der Waals surface area contributed by atoms with E-state index in [1.807, 2.05) is 36.6 Å². The Bertz CT molecular complexity index is 929. The fraction of sp³-hybridized carbons (Fsp3) is 0.211. The summed E-state index contributed by atoms with van der Waals surface area (Å²) in [5.74, 6) is 1.15. The van der Waals surface area contributed by atoms with Gasteiger partial charge in [-0.3, -0.25) is 4.79 Å². The van der Waals surface area contributed by atoms with Crippen LogP contribution in [0.15, 0.2) is 45.7 Å². The van der Waals surface area contributed by atoms with E-state index in [0.717, 1.165) is 32.8 Å². The molecule has 0 unspecified atom stereocenters. The van der Waals surface area contributed by atoms with Crippen molar-refractivity contribution in [2.45, 2.75) is 11.3 Å². The van der Waals surface area contributed by atoms with E-state index in [1.165, 1.54) is 0 Å². The fourth-order valence-corrected chi connectivity index (χ4v) is 3.50. The Morgan fingerprint density at radius 3 is 2.52 bits per heavy atom. The van der Waals surface area contributed by atoms with E-state index in [2.05, 4.69) is 0 Å². The molecule has 6 heteroatoms. The number of hydrogen-bond acceptors (Lipinski definition) is 5. The average Bonchev–Trinajstić information content (AvgIpc) is 2.98. The van der Waals surface area contributed by atoms with Gasteiger partial charge >= 0.3 is 5.97 Å². The minimum Gasteiger partial charge on any atom is -0.493 e. The van der Waals surface area contributed by atoms with Gasteiger partial charge in [-0.15, -0.1) is 11.8 Å². The Kier molecular flexibility index (Phi) is 4.90. The molecule has 2 aromatic carbocycles. The van der Waals surface area contributed by atoms with E-state index >= 15 is 0 Å². The second kappa shape index (κ2) is 7.11. The van der Waals surface area contributed by atoms with E-state index in [-0.39, 0.29) is 6.42 Å². The second-order valence-electron chi connectivity index (χ2n) is 5.44. The van der Waals surface area contributed by atoms with Crippen molar-refractivity contribution in [2.24, 2.45) is 0 Å². The van der Waals surface area contributed by atoms with Crippen molar-refractivity contribution in [3.8, 4) is 22.8 Å². The van der Waals surface area contributed by atoms with Crippen LogP contribution in [0.1, 0.15) is 5.56 Å². The number of carboxylic acids is 1. The molecular formula is C19H18O5S. The lowest BCUT2D eigenvalue weighted by atomic mass is 10.1. The monoisotopic (exact) mass is 358 g/mol. The number of thioether (sulfide) groups is 1. The molecule has 3 aromatic rings. The predicted molar refractivity (Wildman–Crippen MR) is 97.9 cm³/mol. The number of ether oxygens (including phenoxy) is 2. The Hall–Kier alpha value is -2.60. The maximum Gasteiger partial charge on any atom is 0.307 e. The van der Waals surface area contributed by atoms with Gasteiger partial charge in [0.2, 0.25) is 0 Å². The molecular weight excluding hydrogens is 340 g/mol. The van der Waals surface area contributed by atoms with Gasteiger partial charge in [0.05, 0.1) is 25.5 Å². The molecule has 25 heavy (non-hydrogen) atoms. The SMILES string of the molecule is COc1ccc(-c2oc3ccc(CC(=O)O)cc3c2SC)cc1OC. The number of benzene rings is 2. The van der Waals surface area contributed by atoms with Crippen molar-refractivity contribution in [2.75, 3.05) is 20.5 Å². The molecule has 0 amide bonds. The van der Waals surface area contributed by atoms with E-state index in [1.54, 1.807) is 32.0 Å². The van der Waals surface area contributed by atoms with E-state index < -0.39 is 5.97 Å². The van der Waals surface area contributed by atoms with Crippen LogP contribution in [-0.2, 0) is 11.2 Å². The summed E-state index contributed by atoms with van der Waals surface area (Å²) in [6.45, 7) is 0. The minimum absolute atomic E-state index is 0.0133. The molecule has 0 bridgehead atoms. The van der Waals surface area contributed by atoms with Gasteiger partial charge in [0.15, 0.2) is 11.5 Å². The Labute approximate surface area is 149 Å². The van der Waals surface area contributed by atoms with Crippen molar-refractivity contribution in [3.05, 3.63) is 42.0 Å². The van der Waals surface area contributed by atoms with Crippen molar-refractivity contribution >= 4 is 28.7 Å². The molecule has 5 nitrogen and oxygen atoms in total. The summed E-state index contributed by atoms with van der Waals surface area (Å²) in [6.07, 6.45) is 1.96. The number of carboxylic acid groups (broad SMARTS) is 1. The first kappa shape index (κ1) is 17.2. The number of hydrogen-bond donors (Lipinski definition) is 1. The molecule has 0 fully saturated rings. The number of fused-ring (bicyclic) bond motifs is 1. The number of methoxy groups -OCH3 is 2. The zero-order chi connectivity index (χ0) is 18.0. The van der Waals surface area contributed by atoms with Crippen molar-refractivity contribution in [1.29, 1.82) is 0 Å². The fourth-order valence-electron chi connectivity index (χ4n) is 2.78. The zero-order valence-electron chi connectivity index (χ0n) is 14.2. The first-order chi connectivity index (χ1) is 12.1. The first-order valence-electron chi connectivity index (χ1n) is 7.61. The van der Waals surface area contributed by atoms with Gasteiger partial charge in [0, 0.05) is 10.9 Å². The topological polar surface area (TPSA) is 68.9 Å². The molecule has 1 aromatic heterocycles. The molecule has 130 valence electrons. The lowest BCUT2D eigenvalue weighted by molar-refractivity contribution is -0.136. The highest BCUT2D eigenvalue weighted by Crippen LogP contribution is 2.42. The Morgan fingerprint density at radius 1 is 1.12 bits per heavy atom. The van der Waals surface area contributed by atoms with Gasteiger partial charge in [-0.25, -0.2) is 0 Å². The molecule has 0 saturated carbocycles. The Morgan fingerprint density at radius 2 is 1.88 bits per heavy atom. The minimum atomic E-state index is -0.853. The summed E-state index contributed by atoms with van der Waals surface area (Å²) < 4.78 is 16.7. The van der Waals surface area contributed by atoms with Crippen molar-refractivity contribution in [1.82, 2.24) is 0 Å². The van der Waals surface area contributed by atoms with Crippen LogP contribution >= 0.6 is 11.8 Å². The molecule has 0 aliphatic heterocycles. The molecule has 0 spiro atoms. The summed E-state index contributed by atoms with van der Waals surface area (Å²) >= 11 is 1.56. The van der Waals surface area contributed by atoms with Crippen LogP contribution in [0.3, 0.4) is 0 Å². The molecule has 0 aliphatic rings. The normalized spacial score (nSPS) is 10.8. The number of furan rings is 1. The van der Waals surface area contributed by atoms with Gasteiger partial charge in [0.25, 0.3) is 0 Å². The third-order valence-electron chi connectivity index (χ3n) is 3.91. The maximum absolute atomic E-state index is 11.0. The standard InChI is InChI=1S/C19H18O5S/c1-22-15-7-5-12(10-16(15)23-2)18-19(25-3)13-8-11(9-17(20)21)4-6-14(13)24-18/h4-8,10H,9H2,1-3H3,(H,20,21). The lowest BCUT2D eigenvalue weighted by Gasteiger charge is -2.09. The number of rotatable bonds is 6. The third kappa shape index (κ3) is 3.30. The highest BCUT2D eigenvalue weighted by molar-refractivity contribution is 7.99. The van der Waals surface area contributed by atoms with Crippen LogP contribution in [0.4, 0.5) is 0 Å². The summed E-state index contributed by atoms with van der Waals surface area (Å²) in [5, 5.41) is 9.91. The highest BCUT2D eigenvalue weighted by Gasteiger charge is 2.18. The number of aliphatic carboxylic acids is 1. The van der Waals surface area contributed by atoms with Crippen LogP contribution in [0.2, 0.25) is 0 Å². The van der Waals surface area contributed by atoms with Gasteiger partial charge in [-0.1, -0.05) is 6.07 Å². The average molecular weight is 358 g/mol. The van der Waals surface area contributed by atoms with Crippen molar-refractivity contribution < 1.29 is 23.8 Å². The number of carbonyl (C=O) groups is 1. The van der Waals surface area contributed by atoms with Gasteiger partial charge < -0.3 is 19.0 Å². The molecule has 0 saturated heterocycles. The molecule has 0 aliphatic carbocycles. The largest absolute Gasteiger partial charge is 0.493 e. The molecule has 1 heterocycles.